The van der Waals surface area contributed by atoms with Crippen LogP contribution in [0, 0.1) is 43.4 Å². The number of aryl methyl sites for hydroxylation is 2. The SMILES string of the molecule is Cc1ccc([C@@H]2c3sc(=O)[nH]c3S[C@@H]3[C@H]4C[C@@H]([C@@H]5C(=O)N(c6ccc(C)cc6)C(=O)[C@H]45)[C@H]23)cc1. The number of aromatic amines is 1. The molecule has 7 heteroatoms. The van der Waals surface area contributed by atoms with Crippen molar-refractivity contribution in [1.82, 2.24) is 4.98 Å². The summed E-state index contributed by atoms with van der Waals surface area (Å²) in [7, 11) is 0. The number of carbonyl (C=O) groups is 2. The van der Waals surface area contributed by atoms with E-state index in [1.165, 1.54) is 27.4 Å². The Labute approximate surface area is 205 Å². The Morgan fingerprint density at radius 2 is 1.47 bits per heavy atom. The summed E-state index contributed by atoms with van der Waals surface area (Å²) >= 11 is 3.04. The summed E-state index contributed by atoms with van der Waals surface area (Å²) in [5.74, 6) is 0.0412. The van der Waals surface area contributed by atoms with Gasteiger partial charge in [0.25, 0.3) is 0 Å². The minimum atomic E-state index is -0.259. The molecule has 1 aromatic heterocycles. The molecular formula is C27H24N2O3S2. The van der Waals surface area contributed by atoms with Crippen molar-refractivity contribution in [2.75, 3.05) is 4.90 Å². The van der Waals surface area contributed by atoms with Gasteiger partial charge in [0.05, 0.1) is 22.5 Å². The van der Waals surface area contributed by atoms with Crippen molar-refractivity contribution in [3.05, 3.63) is 79.8 Å². The highest BCUT2D eigenvalue weighted by molar-refractivity contribution is 8.00. The molecule has 5 nitrogen and oxygen atoms in total. The van der Waals surface area contributed by atoms with Gasteiger partial charge in [-0.15, -0.1) is 11.8 Å². The molecule has 172 valence electrons. The third kappa shape index (κ3) is 2.71. The van der Waals surface area contributed by atoms with Gasteiger partial charge in [-0.1, -0.05) is 58.9 Å². The van der Waals surface area contributed by atoms with Gasteiger partial charge in [-0.2, -0.15) is 0 Å². The molecule has 0 radical (unpaired) electrons. The van der Waals surface area contributed by atoms with Crippen LogP contribution in [0.2, 0.25) is 0 Å². The number of thioether (sulfide) groups is 1. The smallest absolute Gasteiger partial charge is 0.305 e. The van der Waals surface area contributed by atoms with Crippen LogP contribution in [-0.4, -0.2) is 22.0 Å². The van der Waals surface area contributed by atoms with Crippen molar-refractivity contribution in [2.45, 2.75) is 36.5 Å². The normalized spacial score (nSPS) is 33.2. The largest absolute Gasteiger partial charge is 0.307 e. The predicted molar refractivity (Wildman–Crippen MR) is 133 cm³/mol. The molecule has 2 saturated carbocycles. The summed E-state index contributed by atoms with van der Waals surface area (Å²) < 4.78 is 0. The number of fused-ring (bicyclic) bond motifs is 9. The zero-order valence-electron chi connectivity index (χ0n) is 18.9. The van der Waals surface area contributed by atoms with Crippen molar-refractivity contribution < 1.29 is 9.59 Å². The van der Waals surface area contributed by atoms with Gasteiger partial charge >= 0.3 is 4.87 Å². The fourth-order valence-corrected chi connectivity index (χ4v) is 10.0. The second-order valence-corrected chi connectivity index (χ2v) is 12.4. The summed E-state index contributed by atoms with van der Waals surface area (Å²) in [4.78, 5) is 45.3. The van der Waals surface area contributed by atoms with Crippen LogP contribution in [0.3, 0.4) is 0 Å². The molecule has 4 aliphatic rings. The van der Waals surface area contributed by atoms with Crippen molar-refractivity contribution >= 4 is 40.6 Å². The fraction of sp³-hybridized carbons (Fsp3) is 0.370. The minimum absolute atomic E-state index is 0.0279. The van der Waals surface area contributed by atoms with E-state index >= 15 is 0 Å². The Kier molecular flexibility index (Phi) is 4.38. The predicted octanol–water partition coefficient (Wildman–Crippen LogP) is 4.73. The van der Waals surface area contributed by atoms with E-state index in [9.17, 15) is 14.4 Å². The lowest BCUT2D eigenvalue weighted by Gasteiger charge is -2.43. The monoisotopic (exact) mass is 488 g/mol. The molecular weight excluding hydrogens is 464 g/mol. The first-order valence-electron chi connectivity index (χ1n) is 11.8. The van der Waals surface area contributed by atoms with Gasteiger partial charge in [0.2, 0.25) is 11.8 Å². The number of benzene rings is 2. The van der Waals surface area contributed by atoms with E-state index < -0.39 is 0 Å². The second-order valence-electron chi connectivity index (χ2n) is 10.2. The average Bonchev–Trinajstić information content (AvgIpc) is 3.54. The highest BCUT2D eigenvalue weighted by Gasteiger charge is 2.69. The number of thiazole rings is 1. The van der Waals surface area contributed by atoms with E-state index in [0.29, 0.717) is 5.69 Å². The quantitative estimate of drug-likeness (QED) is 0.530. The Hall–Kier alpha value is -2.64. The Balaban J connectivity index is 1.32. The molecule has 7 rings (SSSR count). The van der Waals surface area contributed by atoms with Gasteiger partial charge in [0, 0.05) is 16.0 Å². The Morgan fingerprint density at radius 3 is 2.15 bits per heavy atom. The van der Waals surface area contributed by atoms with E-state index in [-0.39, 0.29) is 57.4 Å². The zero-order valence-corrected chi connectivity index (χ0v) is 20.5. The summed E-state index contributed by atoms with van der Waals surface area (Å²) in [6, 6.07) is 16.3. The number of nitrogens with one attached hydrogen (secondary N) is 1. The zero-order chi connectivity index (χ0) is 23.3. The molecule has 3 fully saturated rings. The highest BCUT2D eigenvalue weighted by atomic mass is 32.2. The van der Waals surface area contributed by atoms with Crippen LogP contribution in [0.4, 0.5) is 5.69 Å². The number of anilines is 1. The van der Waals surface area contributed by atoms with E-state index in [1.54, 1.807) is 11.8 Å². The lowest BCUT2D eigenvalue weighted by atomic mass is 9.68. The first kappa shape index (κ1) is 20.7. The number of imide groups is 1. The lowest BCUT2D eigenvalue weighted by Crippen LogP contribution is -2.42. The van der Waals surface area contributed by atoms with Crippen LogP contribution in [0.1, 0.15) is 33.9 Å². The number of hydrogen-bond acceptors (Lipinski definition) is 5. The molecule has 3 heterocycles. The molecule has 2 amide bonds. The molecule has 0 unspecified atom stereocenters. The van der Waals surface area contributed by atoms with Gasteiger partial charge in [-0.3, -0.25) is 19.3 Å². The number of aromatic nitrogens is 1. The van der Waals surface area contributed by atoms with Gasteiger partial charge in [-0.05, 0) is 55.7 Å². The molecule has 1 saturated heterocycles. The molecule has 2 aliphatic carbocycles. The molecule has 7 atom stereocenters. The van der Waals surface area contributed by atoms with Crippen LogP contribution in [0.15, 0.2) is 58.4 Å². The summed E-state index contributed by atoms with van der Waals surface area (Å²) in [6.45, 7) is 4.08. The fourth-order valence-electron chi connectivity index (χ4n) is 7.11. The summed E-state index contributed by atoms with van der Waals surface area (Å²) in [5.41, 5.74) is 4.19. The van der Waals surface area contributed by atoms with E-state index in [1.807, 2.05) is 31.2 Å². The Morgan fingerprint density at radius 1 is 0.853 bits per heavy atom. The third-order valence-corrected chi connectivity index (χ3v) is 11.0. The van der Waals surface area contributed by atoms with Gasteiger partial charge in [0.1, 0.15) is 0 Å². The van der Waals surface area contributed by atoms with Crippen LogP contribution in [0.25, 0.3) is 0 Å². The van der Waals surface area contributed by atoms with E-state index in [0.717, 1.165) is 21.9 Å². The standard InChI is InChI=1S/C27H24N2O3S2/c1-12-3-7-14(8-4-12)18-19-16-11-17(22(19)33-24-23(18)34-27(32)28-24)21-20(16)25(30)29(26(21)31)15-9-5-13(2)6-10-15/h3-10,16-22H,11H2,1-2H3,(H,28,32)/t16-,17+,18+,19-,20+,21-,22-/m1/s1. The summed E-state index contributed by atoms with van der Waals surface area (Å²) in [5, 5.41) is 1.18. The van der Waals surface area contributed by atoms with Gasteiger partial charge in [0.15, 0.2) is 0 Å². The summed E-state index contributed by atoms with van der Waals surface area (Å²) in [6.07, 6.45) is 0.915. The number of carbonyl (C=O) groups excluding carboxylic acids is 2. The average molecular weight is 489 g/mol. The van der Waals surface area contributed by atoms with E-state index in [4.69, 9.17) is 0 Å². The first-order chi connectivity index (χ1) is 16.4. The maximum absolute atomic E-state index is 13.7. The highest BCUT2D eigenvalue weighted by Crippen LogP contribution is 2.68. The molecule has 2 bridgehead atoms. The van der Waals surface area contributed by atoms with E-state index in [2.05, 4.69) is 36.2 Å². The number of hydrogen-bond donors (Lipinski definition) is 1. The maximum Gasteiger partial charge on any atom is 0.305 e. The minimum Gasteiger partial charge on any atom is -0.307 e. The molecule has 3 aromatic rings. The molecule has 2 aromatic carbocycles. The van der Waals surface area contributed by atoms with Crippen LogP contribution < -0.4 is 9.77 Å². The van der Waals surface area contributed by atoms with Crippen molar-refractivity contribution in [3.8, 4) is 0 Å². The molecule has 0 spiro atoms. The topological polar surface area (TPSA) is 70.2 Å². The van der Waals surface area contributed by atoms with Crippen LogP contribution in [-0.2, 0) is 9.59 Å². The Bertz CT molecular complexity index is 1390. The second kappa shape index (κ2) is 7.18. The van der Waals surface area contributed by atoms with Crippen LogP contribution >= 0.6 is 23.1 Å². The van der Waals surface area contributed by atoms with Gasteiger partial charge in [-0.25, -0.2) is 0 Å². The number of amides is 2. The third-order valence-electron chi connectivity index (χ3n) is 8.45. The van der Waals surface area contributed by atoms with Crippen LogP contribution in [0.5, 0.6) is 0 Å². The number of rotatable bonds is 2. The molecule has 1 N–H and O–H groups in total. The number of H-pyrrole nitrogens is 1. The maximum atomic E-state index is 13.7. The lowest BCUT2D eigenvalue weighted by molar-refractivity contribution is -0.123. The number of nitrogens with zero attached hydrogens (tertiary/aromatic N) is 1. The van der Waals surface area contributed by atoms with Gasteiger partial charge < -0.3 is 4.98 Å². The molecule has 2 aliphatic heterocycles. The van der Waals surface area contributed by atoms with Crippen molar-refractivity contribution in [2.24, 2.45) is 29.6 Å². The first-order valence-corrected chi connectivity index (χ1v) is 13.5. The van der Waals surface area contributed by atoms with Crippen molar-refractivity contribution in [1.29, 1.82) is 0 Å². The molecule has 34 heavy (non-hydrogen) atoms. The van der Waals surface area contributed by atoms with Crippen molar-refractivity contribution in [3.63, 3.8) is 0 Å².